The largest absolute Gasteiger partial charge is 0.383 e. The zero-order chi connectivity index (χ0) is 26.7. The summed E-state index contributed by atoms with van der Waals surface area (Å²) in [5.74, 6) is 2.66. The fourth-order valence-electron chi connectivity index (χ4n) is 5.30. The lowest BCUT2D eigenvalue weighted by Crippen LogP contribution is -2.28. The van der Waals surface area contributed by atoms with Crippen molar-refractivity contribution in [1.29, 1.82) is 0 Å². The van der Waals surface area contributed by atoms with Gasteiger partial charge in [0.1, 0.15) is 17.5 Å². The first-order valence-corrected chi connectivity index (χ1v) is 12.8. The highest BCUT2D eigenvalue weighted by Crippen LogP contribution is 2.34. The lowest BCUT2D eigenvalue weighted by molar-refractivity contribution is 0.0800. The molecular formula is C27H27N11O. The number of amides is 1. The Balaban J connectivity index is 1.22. The average Bonchev–Trinajstić information content (AvgIpc) is 3.45. The number of rotatable bonds is 3. The monoisotopic (exact) mass is 521 g/mol. The van der Waals surface area contributed by atoms with Crippen LogP contribution in [-0.4, -0.2) is 65.2 Å². The van der Waals surface area contributed by atoms with E-state index in [9.17, 15) is 4.79 Å². The number of carbonyl (C=O) groups is 1. The maximum atomic E-state index is 12.7. The van der Waals surface area contributed by atoms with Crippen molar-refractivity contribution in [3.8, 4) is 11.3 Å². The first-order valence-electron chi connectivity index (χ1n) is 12.8. The van der Waals surface area contributed by atoms with Crippen molar-refractivity contribution in [2.24, 2.45) is 0 Å². The van der Waals surface area contributed by atoms with Crippen molar-refractivity contribution in [3.63, 3.8) is 0 Å². The van der Waals surface area contributed by atoms with Crippen LogP contribution in [0.15, 0.2) is 43.0 Å². The highest BCUT2D eigenvalue weighted by atomic mass is 16.2. The van der Waals surface area contributed by atoms with E-state index in [1.165, 1.54) is 0 Å². The third-order valence-electron chi connectivity index (χ3n) is 7.48. The number of aromatic nitrogens is 7. The summed E-state index contributed by atoms with van der Waals surface area (Å²) in [6.45, 7) is 4.74. The van der Waals surface area contributed by atoms with Crippen molar-refractivity contribution in [1.82, 2.24) is 39.2 Å². The van der Waals surface area contributed by atoms with E-state index in [-0.39, 0.29) is 5.91 Å². The van der Waals surface area contributed by atoms with Gasteiger partial charge in [-0.15, -0.1) is 0 Å². The molecular weight excluding hydrogens is 494 g/mol. The Bertz CT molecular complexity index is 1770. The lowest BCUT2D eigenvalue weighted by atomic mass is 10.0. The maximum absolute atomic E-state index is 12.7. The lowest BCUT2D eigenvalue weighted by Gasteiger charge is -2.15. The topological polar surface area (TPSA) is 145 Å². The van der Waals surface area contributed by atoms with E-state index in [1.807, 2.05) is 36.1 Å². The molecule has 0 aromatic carbocycles. The summed E-state index contributed by atoms with van der Waals surface area (Å²) in [5, 5.41) is 13.1. The normalized spacial score (nSPS) is 14.7. The van der Waals surface area contributed by atoms with Gasteiger partial charge in [-0.25, -0.2) is 19.9 Å². The van der Waals surface area contributed by atoms with Gasteiger partial charge in [0.25, 0.3) is 5.91 Å². The van der Waals surface area contributed by atoms with Gasteiger partial charge < -0.3 is 25.8 Å². The molecule has 0 bridgehead atoms. The van der Waals surface area contributed by atoms with E-state index in [4.69, 9.17) is 10.8 Å². The molecule has 5 aromatic rings. The standard InChI is InChI=1S/C27H27N11O/c1-15-18(12-32-25-24(15)30-4-7-36(2)27(25)39)20-9-16-10-21(31-13-19(16)26(28)33-20)34-22-11-17-3-6-37-8-5-29-23(37)14-38(17)35-22/h5,8-13,30H,3-4,6-7,14H2,1-2H3,(H2,28,33)(H,31,34,35). The SMILES string of the molecule is Cc1c(-c2cc3cc(Nc4cc5n(n4)Cc4nccn4CC5)ncc3c(N)n2)cnc2c1NCCN(C)C2=O. The zero-order valence-corrected chi connectivity index (χ0v) is 21.6. The van der Waals surface area contributed by atoms with Crippen molar-refractivity contribution in [2.45, 2.75) is 26.4 Å². The Morgan fingerprint density at radius 3 is 2.87 bits per heavy atom. The second kappa shape index (κ2) is 8.79. The smallest absolute Gasteiger partial charge is 0.274 e. The van der Waals surface area contributed by atoms with Crippen molar-refractivity contribution >= 4 is 39.8 Å². The number of hydrogen-bond donors (Lipinski definition) is 3. The molecule has 7 rings (SSSR count). The van der Waals surface area contributed by atoms with E-state index >= 15 is 0 Å². The van der Waals surface area contributed by atoms with Crippen LogP contribution in [0.4, 0.5) is 23.1 Å². The summed E-state index contributed by atoms with van der Waals surface area (Å²) in [4.78, 5) is 32.6. The first-order chi connectivity index (χ1) is 18.9. The van der Waals surface area contributed by atoms with Crippen LogP contribution in [0.25, 0.3) is 22.0 Å². The Morgan fingerprint density at radius 1 is 1.08 bits per heavy atom. The molecule has 1 amide bonds. The molecule has 0 unspecified atom stereocenters. The van der Waals surface area contributed by atoms with Crippen LogP contribution in [0.1, 0.15) is 27.6 Å². The second-order valence-corrected chi connectivity index (χ2v) is 9.95. The summed E-state index contributed by atoms with van der Waals surface area (Å²) in [6.07, 6.45) is 8.13. The van der Waals surface area contributed by atoms with Crippen molar-refractivity contribution in [2.75, 3.05) is 36.5 Å². The molecule has 0 radical (unpaired) electrons. The number of pyridine rings is 3. The van der Waals surface area contributed by atoms with Gasteiger partial charge in [-0.05, 0) is 30.0 Å². The molecule has 0 fully saturated rings. The van der Waals surface area contributed by atoms with Crippen molar-refractivity contribution < 1.29 is 4.79 Å². The number of hydrogen-bond acceptors (Lipinski definition) is 9. The van der Waals surface area contributed by atoms with E-state index in [1.54, 1.807) is 24.3 Å². The molecule has 7 heterocycles. The number of imidazole rings is 1. The second-order valence-electron chi connectivity index (χ2n) is 9.95. The van der Waals surface area contributed by atoms with Crippen LogP contribution in [0, 0.1) is 6.92 Å². The molecule has 0 atom stereocenters. The number of carbonyl (C=O) groups excluding carboxylic acids is 1. The molecule has 4 N–H and O–H groups in total. The molecule has 0 saturated heterocycles. The van der Waals surface area contributed by atoms with Crippen molar-refractivity contribution in [3.05, 3.63) is 65.8 Å². The average molecular weight is 522 g/mol. The van der Waals surface area contributed by atoms with E-state index in [0.29, 0.717) is 42.7 Å². The summed E-state index contributed by atoms with van der Waals surface area (Å²) in [5.41, 5.74) is 11.1. The van der Waals surface area contributed by atoms with E-state index < -0.39 is 0 Å². The van der Waals surface area contributed by atoms with Gasteiger partial charge in [-0.2, -0.15) is 5.10 Å². The van der Waals surface area contributed by atoms with Gasteiger partial charge in [0.2, 0.25) is 0 Å². The van der Waals surface area contributed by atoms with Gasteiger partial charge in [0, 0.05) is 80.6 Å². The van der Waals surface area contributed by atoms with Crippen LogP contribution in [0.5, 0.6) is 0 Å². The first kappa shape index (κ1) is 23.1. The van der Waals surface area contributed by atoms with Gasteiger partial charge in [-0.3, -0.25) is 9.48 Å². The van der Waals surface area contributed by atoms with Crippen LogP contribution in [0.2, 0.25) is 0 Å². The summed E-state index contributed by atoms with van der Waals surface area (Å²) < 4.78 is 4.15. The fraction of sp³-hybridized carbons (Fsp3) is 0.259. The third-order valence-corrected chi connectivity index (χ3v) is 7.48. The molecule has 2 aliphatic heterocycles. The molecule has 0 spiro atoms. The fourth-order valence-corrected chi connectivity index (χ4v) is 5.30. The van der Waals surface area contributed by atoms with E-state index in [2.05, 4.69) is 41.2 Å². The third kappa shape index (κ3) is 3.92. The van der Waals surface area contributed by atoms with Crippen LogP contribution in [0.3, 0.4) is 0 Å². The number of likely N-dealkylation sites (N-methyl/N-ethyl adjacent to an activating group) is 1. The quantitative estimate of drug-likeness (QED) is 0.326. The Labute approximate surface area is 223 Å². The van der Waals surface area contributed by atoms with Crippen LogP contribution < -0.4 is 16.4 Å². The van der Waals surface area contributed by atoms with Crippen LogP contribution >= 0.6 is 0 Å². The van der Waals surface area contributed by atoms with Gasteiger partial charge in [0.05, 0.1) is 17.9 Å². The highest BCUT2D eigenvalue weighted by molar-refractivity contribution is 6.00. The number of nitrogens with one attached hydrogen (secondary N) is 2. The predicted octanol–water partition coefficient (Wildman–Crippen LogP) is 2.82. The minimum atomic E-state index is -0.0979. The number of anilines is 4. The summed E-state index contributed by atoms with van der Waals surface area (Å²) in [7, 11) is 1.78. The number of fused-ring (bicyclic) bond motifs is 4. The Hall–Kier alpha value is -5.00. The molecule has 5 aromatic heterocycles. The minimum absolute atomic E-state index is 0.0979. The van der Waals surface area contributed by atoms with E-state index in [0.717, 1.165) is 57.9 Å². The minimum Gasteiger partial charge on any atom is -0.383 e. The van der Waals surface area contributed by atoms with Gasteiger partial charge in [0.15, 0.2) is 11.5 Å². The molecule has 0 saturated carbocycles. The number of nitrogens with zero attached hydrogens (tertiary/aromatic N) is 8. The number of nitrogen functional groups attached to an aromatic ring is 1. The predicted molar refractivity (Wildman–Crippen MR) is 148 cm³/mol. The number of nitrogens with two attached hydrogens (primary N) is 1. The van der Waals surface area contributed by atoms with Gasteiger partial charge >= 0.3 is 0 Å². The molecule has 39 heavy (non-hydrogen) atoms. The summed E-state index contributed by atoms with van der Waals surface area (Å²) >= 11 is 0. The molecule has 2 aliphatic rings. The summed E-state index contributed by atoms with van der Waals surface area (Å²) in [6, 6.07) is 5.97. The van der Waals surface area contributed by atoms with Gasteiger partial charge in [-0.1, -0.05) is 0 Å². The molecule has 0 aliphatic carbocycles. The maximum Gasteiger partial charge on any atom is 0.274 e. The van der Waals surface area contributed by atoms with Crippen LogP contribution in [-0.2, 0) is 19.5 Å². The Morgan fingerprint density at radius 2 is 1.97 bits per heavy atom. The molecule has 12 nitrogen and oxygen atoms in total. The molecule has 196 valence electrons. The number of aryl methyl sites for hydroxylation is 2. The zero-order valence-electron chi connectivity index (χ0n) is 21.6. The molecule has 12 heteroatoms. The highest BCUT2D eigenvalue weighted by Gasteiger charge is 2.24. The Kier molecular flexibility index (Phi) is 5.22.